The third-order valence-corrected chi connectivity index (χ3v) is 12.1. The van der Waals surface area contributed by atoms with Crippen molar-refractivity contribution in [1.29, 1.82) is 0 Å². The van der Waals surface area contributed by atoms with Gasteiger partial charge in [-0.05, 0) is 119 Å². The topological polar surface area (TPSA) is 3.24 Å². The van der Waals surface area contributed by atoms with Gasteiger partial charge in [-0.25, -0.2) is 0 Å². The molecule has 11 rings (SSSR count). The van der Waals surface area contributed by atoms with Gasteiger partial charge >= 0.3 is 0 Å². The molecule has 0 radical (unpaired) electrons. The van der Waals surface area contributed by atoms with Crippen molar-refractivity contribution in [2.75, 3.05) is 4.90 Å². The number of para-hydroxylation sites is 1. The molecular formula is C60H41N. The van der Waals surface area contributed by atoms with Gasteiger partial charge in [-0.1, -0.05) is 212 Å². The molecule has 0 atom stereocenters. The van der Waals surface area contributed by atoms with E-state index in [1.807, 2.05) is 0 Å². The number of fused-ring (bicyclic) bond motifs is 4. The fraction of sp³-hybridized carbons (Fsp3) is 0. The zero-order valence-corrected chi connectivity index (χ0v) is 33.6. The summed E-state index contributed by atoms with van der Waals surface area (Å²) in [7, 11) is 0. The molecular weight excluding hydrogens is 735 g/mol. The minimum atomic E-state index is 1.08. The summed E-state index contributed by atoms with van der Waals surface area (Å²) in [6, 6.07) is 90.5. The molecule has 0 saturated heterocycles. The molecule has 11 aromatic rings. The zero-order valence-electron chi connectivity index (χ0n) is 33.6. The lowest BCUT2D eigenvalue weighted by molar-refractivity contribution is 1.28. The quantitative estimate of drug-likeness (QED) is 0.139. The highest BCUT2D eigenvalue weighted by molar-refractivity contribution is 6.14. The van der Waals surface area contributed by atoms with E-state index in [1.54, 1.807) is 0 Å². The molecule has 11 aromatic carbocycles. The summed E-state index contributed by atoms with van der Waals surface area (Å²) in [6.45, 7) is 0. The Labute approximate surface area is 357 Å². The van der Waals surface area contributed by atoms with Gasteiger partial charge in [0.25, 0.3) is 0 Å². The van der Waals surface area contributed by atoms with E-state index in [2.05, 4.69) is 254 Å². The fourth-order valence-corrected chi connectivity index (χ4v) is 9.12. The first kappa shape index (κ1) is 36.1. The van der Waals surface area contributed by atoms with E-state index in [9.17, 15) is 0 Å². The van der Waals surface area contributed by atoms with E-state index in [4.69, 9.17) is 0 Å². The summed E-state index contributed by atoms with van der Waals surface area (Å²) in [5.74, 6) is 0. The lowest BCUT2D eigenvalue weighted by atomic mass is 9.91. The van der Waals surface area contributed by atoms with Gasteiger partial charge in [-0.15, -0.1) is 0 Å². The highest BCUT2D eigenvalue weighted by Crippen LogP contribution is 2.46. The Bertz CT molecular complexity index is 3330. The number of hydrogen-bond acceptors (Lipinski definition) is 1. The predicted molar refractivity (Wildman–Crippen MR) is 261 cm³/mol. The van der Waals surface area contributed by atoms with Crippen molar-refractivity contribution in [2.24, 2.45) is 0 Å². The minimum absolute atomic E-state index is 1.08. The minimum Gasteiger partial charge on any atom is -0.310 e. The summed E-state index contributed by atoms with van der Waals surface area (Å²) in [5.41, 5.74) is 15.2. The van der Waals surface area contributed by atoms with Crippen LogP contribution in [0.1, 0.15) is 0 Å². The molecule has 0 heterocycles. The predicted octanol–water partition coefficient (Wildman–Crippen LogP) is 17.0. The lowest BCUT2D eigenvalue weighted by Gasteiger charge is -2.29. The Morgan fingerprint density at radius 3 is 1.48 bits per heavy atom. The molecule has 0 fully saturated rings. The van der Waals surface area contributed by atoms with Gasteiger partial charge in [0.15, 0.2) is 0 Å². The fourth-order valence-electron chi connectivity index (χ4n) is 9.12. The second-order valence-corrected chi connectivity index (χ2v) is 15.7. The number of rotatable bonds is 8. The molecule has 0 N–H and O–H groups in total. The highest BCUT2D eigenvalue weighted by Gasteiger charge is 2.21. The summed E-state index contributed by atoms with van der Waals surface area (Å²) in [6.07, 6.45) is 0. The Balaban J connectivity index is 1.10. The van der Waals surface area contributed by atoms with E-state index in [0.717, 1.165) is 17.1 Å². The molecule has 0 saturated carbocycles. The Morgan fingerprint density at radius 1 is 0.213 bits per heavy atom. The van der Waals surface area contributed by atoms with Crippen LogP contribution in [0, 0.1) is 0 Å². The number of hydrogen-bond donors (Lipinski definition) is 0. The van der Waals surface area contributed by atoms with Crippen molar-refractivity contribution in [3.63, 3.8) is 0 Å². The van der Waals surface area contributed by atoms with E-state index in [-0.39, 0.29) is 0 Å². The first-order chi connectivity index (χ1) is 30.3. The van der Waals surface area contributed by atoms with Crippen molar-refractivity contribution < 1.29 is 0 Å². The molecule has 1 nitrogen and oxygen atoms in total. The normalized spacial score (nSPS) is 11.3. The van der Waals surface area contributed by atoms with Gasteiger partial charge < -0.3 is 4.90 Å². The van der Waals surface area contributed by atoms with Gasteiger partial charge in [0.1, 0.15) is 0 Å². The number of nitrogens with zero attached hydrogens (tertiary/aromatic N) is 1. The molecule has 61 heavy (non-hydrogen) atoms. The van der Waals surface area contributed by atoms with Crippen LogP contribution in [0.15, 0.2) is 249 Å². The highest BCUT2D eigenvalue weighted by atomic mass is 15.1. The Morgan fingerprint density at radius 2 is 0.705 bits per heavy atom. The molecule has 0 amide bonds. The largest absolute Gasteiger partial charge is 0.310 e. The van der Waals surface area contributed by atoms with Crippen LogP contribution < -0.4 is 4.90 Å². The van der Waals surface area contributed by atoms with E-state index >= 15 is 0 Å². The second kappa shape index (κ2) is 15.6. The molecule has 0 spiro atoms. The smallest absolute Gasteiger partial charge is 0.0540 e. The second-order valence-electron chi connectivity index (χ2n) is 15.7. The van der Waals surface area contributed by atoms with Crippen LogP contribution in [0.4, 0.5) is 17.1 Å². The van der Waals surface area contributed by atoms with Crippen LogP contribution in [-0.4, -0.2) is 0 Å². The van der Waals surface area contributed by atoms with Gasteiger partial charge in [-0.3, -0.25) is 0 Å². The van der Waals surface area contributed by atoms with Crippen LogP contribution in [0.5, 0.6) is 0 Å². The van der Waals surface area contributed by atoms with Gasteiger partial charge in [0.2, 0.25) is 0 Å². The maximum atomic E-state index is 2.44. The van der Waals surface area contributed by atoms with Crippen LogP contribution in [0.2, 0.25) is 0 Å². The molecule has 0 aliphatic rings. The third kappa shape index (κ3) is 6.73. The lowest BCUT2D eigenvalue weighted by Crippen LogP contribution is -2.11. The summed E-state index contributed by atoms with van der Waals surface area (Å²) < 4.78 is 0. The zero-order chi connectivity index (χ0) is 40.5. The maximum Gasteiger partial charge on any atom is 0.0540 e. The van der Waals surface area contributed by atoms with Gasteiger partial charge in [0.05, 0.1) is 5.69 Å². The van der Waals surface area contributed by atoms with E-state index in [1.165, 1.54) is 88.0 Å². The molecule has 0 aromatic heterocycles. The molecule has 0 aliphatic heterocycles. The van der Waals surface area contributed by atoms with Crippen molar-refractivity contribution in [2.45, 2.75) is 0 Å². The summed E-state index contributed by atoms with van der Waals surface area (Å²) in [4.78, 5) is 2.44. The molecule has 0 aliphatic carbocycles. The molecule has 0 unspecified atom stereocenters. The average molecular weight is 776 g/mol. The Hall–Kier alpha value is -8.00. The molecule has 0 bridgehead atoms. The van der Waals surface area contributed by atoms with Crippen LogP contribution in [0.25, 0.3) is 88.0 Å². The monoisotopic (exact) mass is 775 g/mol. The standard InChI is InChI=1S/C60H41N/c1-3-16-42(17-4-1)43-30-32-46(33-31-43)53-39-38-50(41-59(53)45-18-5-2-6-19-45)61(60-29-14-13-27-57(60)55-28-15-22-44-20-7-9-23-51(44)55)49-36-34-47(35-37-49)58-40-48-21-8-10-24-52(48)54-25-11-12-26-56(54)58/h1-41H. The average Bonchev–Trinajstić information content (AvgIpc) is 3.35. The first-order valence-corrected chi connectivity index (χ1v) is 21.0. The number of anilines is 3. The van der Waals surface area contributed by atoms with Gasteiger partial charge in [0, 0.05) is 16.9 Å². The first-order valence-electron chi connectivity index (χ1n) is 21.0. The van der Waals surface area contributed by atoms with E-state index < -0.39 is 0 Å². The van der Waals surface area contributed by atoms with Crippen molar-refractivity contribution >= 4 is 49.4 Å². The van der Waals surface area contributed by atoms with E-state index in [0.29, 0.717) is 0 Å². The van der Waals surface area contributed by atoms with Crippen molar-refractivity contribution in [3.8, 4) is 55.6 Å². The summed E-state index contributed by atoms with van der Waals surface area (Å²) >= 11 is 0. The Kier molecular flexibility index (Phi) is 9.26. The summed E-state index contributed by atoms with van der Waals surface area (Å²) in [5, 5.41) is 7.51. The van der Waals surface area contributed by atoms with Crippen LogP contribution in [-0.2, 0) is 0 Å². The molecule has 286 valence electrons. The van der Waals surface area contributed by atoms with Crippen LogP contribution in [0.3, 0.4) is 0 Å². The van der Waals surface area contributed by atoms with Crippen molar-refractivity contribution in [1.82, 2.24) is 0 Å². The number of benzene rings is 11. The molecule has 1 heteroatoms. The van der Waals surface area contributed by atoms with Gasteiger partial charge in [-0.2, -0.15) is 0 Å². The van der Waals surface area contributed by atoms with Crippen LogP contribution >= 0.6 is 0 Å². The third-order valence-electron chi connectivity index (χ3n) is 12.1. The maximum absolute atomic E-state index is 2.44. The van der Waals surface area contributed by atoms with Crippen molar-refractivity contribution in [3.05, 3.63) is 249 Å². The SMILES string of the molecule is c1ccc(-c2ccc(-c3ccc(N(c4ccc(-c5cc6ccccc6c6ccccc56)cc4)c4ccccc4-c4cccc5ccccc45)cc3-c3ccccc3)cc2)cc1.